The number of carboxylic acids is 1. The lowest BCUT2D eigenvalue weighted by Crippen LogP contribution is -2.24. The number of methoxy groups -OCH3 is 1. The summed E-state index contributed by atoms with van der Waals surface area (Å²) in [6.45, 7) is 1.88. The number of carboxylic acid groups (broad SMARTS) is 1. The van der Waals surface area contributed by atoms with Gasteiger partial charge >= 0.3 is 5.97 Å². The highest BCUT2D eigenvalue weighted by molar-refractivity contribution is 8.00. The minimum absolute atomic E-state index is 0.213. The predicted molar refractivity (Wildman–Crippen MR) is 149 cm³/mol. The van der Waals surface area contributed by atoms with Crippen LogP contribution in [0.4, 0.5) is 11.4 Å². The molecule has 194 valence electrons. The second kappa shape index (κ2) is 12.8. The van der Waals surface area contributed by atoms with Gasteiger partial charge < -0.3 is 20.5 Å². The van der Waals surface area contributed by atoms with E-state index in [2.05, 4.69) is 10.6 Å². The number of anilines is 2. The molecule has 0 aromatic heterocycles. The highest BCUT2D eigenvalue weighted by atomic mass is 35.5. The van der Waals surface area contributed by atoms with Crippen LogP contribution in [0.15, 0.2) is 53.4 Å². The smallest absolute Gasteiger partial charge is 0.338 e. The summed E-state index contributed by atoms with van der Waals surface area (Å²) in [6, 6.07) is 13.8. The molecule has 0 saturated heterocycles. The summed E-state index contributed by atoms with van der Waals surface area (Å²) in [4.78, 5) is 38.4. The van der Waals surface area contributed by atoms with Crippen LogP contribution in [0.1, 0.15) is 34.1 Å². The number of halogens is 4. The van der Waals surface area contributed by atoms with Crippen molar-refractivity contribution in [2.24, 2.45) is 0 Å². The van der Waals surface area contributed by atoms with E-state index in [1.54, 1.807) is 48.5 Å². The Morgan fingerprint density at radius 1 is 0.919 bits per heavy atom. The molecular weight excluding hydrogens is 582 g/mol. The van der Waals surface area contributed by atoms with Crippen molar-refractivity contribution in [2.45, 2.75) is 23.5 Å². The molecule has 0 heterocycles. The molecule has 37 heavy (non-hydrogen) atoms. The van der Waals surface area contributed by atoms with Gasteiger partial charge in [-0.15, -0.1) is 11.8 Å². The Hall–Kier alpha value is -2.62. The maximum absolute atomic E-state index is 13.0. The van der Waals surface area contributed by atoms with Gasteiger partial charge in [0.1, 0.15) is 5.75 Å². The summed E-state index contributed by atoms with van der Waals surface area (Å²) in [7, 11) is 1.52. The number of rotatable bonds is 9. The first-order valence-electron chi connectivity index (χ1n) is 10.7. The lowest BCUT2D eigenvalue weighted by molar-refractivity contribution is -0.115. The molecule has 0 bridgehead atoms. The second-order valence-electron chi connectivity index (χ2n) is 7.50. The topological polar surface area (TPSA) is 105 Å². The van der Waals surface area contributed by atoms with E-state index in [0.717, 1.165) is 0 Å². The van der Waals surface area contributed by atoms with Crippen molar-refractivity contribution < 1.29 is 24.2 Å². The Morgan fingerprint density at radius 3 is 2.19 bits per heavy atom. The van der Waals surface area contributed by atoms with Gasteiger partial charge in [0.25, 0.3) is 5.91 Å². The van der Waals surface area contributed by atoms with Crippen molar-refractivity contribution in [3.05, 3.63) is 79.7 Å². The quantitative estimate of drug-likeness (QED) is 0.131. The van der Waals surface area contributed by atoms with Crippen LogP contribution in [0, 0.1) is 0 Å². The number of amides is 2. The maximum Gasteiger partial charge on any atom is 0.338 e. The molecule has 1 unspecified atom stereocenters. The van der Waals surface area contributed by atoms with Gasteiger partial charge in [0.15, 0.2) is 0 Å². The zero-order chi connectivity index (χ0) is 27.3. The number of benzene rings is 3. The van der Waals surface area contributed by atoms with E-state index in [9.17, 15) is 19.5 Å². The summed E-state index contributed by atoms with van der Waals surface area (Å²) in [6.07, 6.45) is 0.529. The fourth-order valence-electron chi connectivity index (χ4n) is 3.33. The molecule has 3 N–H and O–H groups in total. The average Bonchev–Trinajstić information content (AvgIpc) is 2.88. The van der Waals surface area contributed by atoms with Crippen LogP contribution in [-0.4, -0.2) is 35.2 Å². The van der Waals surface area contributed by atoms with Crippen LogP contribution in [0.5, 0.6) is 5.75 Å². The first-order chi connectivity index (χ1) is 17.6. The van der Waals surface area contributed by atoms with Crippen LogP contribution in [0.3, 0.4) is 0 Å². The van der Waals surface area contributed by atoms with Crippen LogP contribution in [0.2, 0.25) is 20.1 Å². The van der Waals surface area contributed by atoms with Gasteiger partial charge in [-0.2, -0.15) is 0 Å². The molecule has 3 aromatic carbocycles. The number of hydrogen-bond donors (Lipinski definition) is 3. The molecule has 3 aromatic rings. The van der Waals surface area contributed by atoms with E-state index in [1.165, 1.54) is 18.9 Å². The van der Waals surface area contributed by atoms with E-state index < -0.39 is 33.3 Å². The van der Waals surface area contributed by atoms with E-state index in [4.69, 9.17) is 51.1 Å². The third-order valence-electron chi connectivity index (χ3n) is 5.11. The Morgan fingerprint density at radius 2 is 1.57 bits per heavy atom. The molecular formula is C25H20Cl4N2O5S. The Balaban J connectivity index is 1.82. The monoisotopic (exact) mass is 600 g/mol. The zero-order valence-corrected chi connectivity index (χ0v) is 23.2. The van der Waals surface area contributed by atoms with Gasteiger partial charge in [0.05, 0.1) is 49.3 Å². The number of ether oxygens (including phenoxy) is 1. The van der Waals surface area contributed by atoms with Gasteiger partial charge in [-0.25, -0.2) is 4.79 Å². The number of hydrogen-bond acceptors (Lipinski definition) is 5. The number of aromatic carboxylic acids is 1. The van der Waals surface area contributed by atoms with E-state index in [0.29, 0.717) is 28.4 Å². The number of carbonyl (C=O) groups is 3. The second-order valence-corrected chi connectivity index (χ2v) is 10.3. The molecule has 3 rings (SSSR count). The summed E-state index contributed by atoms with van der Waals surface area (Å²) in [5.74, 6) is -2.00. The number of para-hydroxylation sites is 2. The lowest BCUT2D eigenvalue weighted by Gasteiger charge is -2.17. The van der Waals surface area contributed by atoms with Crippen LogP contribution in [-0.2, 0) is 4.79 Å². The van der Waals surface area contributed by atoms with Crippen LogP contribution in [0.25, 0.3) is 0 Å². The number of carbonyl (C=O) groups excluding carboxylic acids is 2. The first kappa shape index (κ1) is 28.9. The molecule has 0 fully saturated rings. The zero-order valence-electron chi connectivity index (χ0n) is 19.4. The van der Waals surface area contributed by atoms with Crippen molar-refractivity contribution in [1.29, 1.82) is 0 Å². The first-order valence-corrected chi connectivity index (χ1v) is 13.1. The molecule has 0 saturated carbocycles. The fourth-order valence-corrected chi connectivity index (χ4v) is 5.37. The molecule has 2 amide bonds. The average molecular weight is 602 g/mol. The lowest BCUT2D eigenvalue weighted by atomic mass is 10.1. The number of nitrogens with one attached hydrogen (secondary N) is 2. The van der Waals surface area contributed by atoms with Crippen molar-refractivity contribution in [3.8, 4) is 5.75 Å². The largest absolute Gasteiger partial charge is 0.495 e. The van der Waals surface area contributed by atoms with Gasteiger partial charge in [0, 0.05) is 10.6 Å². The number of thioether (sulfide) groups is 1. The fraction of sp³-hybridized carbons (Fsp3) is 0.160. The summed E-state index contributed by atoms with van der Waals surface area (Å²) in [5.41, 5.74) is -0.0940. The van der Waals surface area contributed by atoms with Crippen LogP contribution < -0.4 is 15.4 Å². The molecule has 0 aliphatic heterocycles. The maximum atomic E-state index is 13.0. The molecule has 7 nitrogen and oxygen atoms in total. The summed E-state index contributed by atoms with van der Waals surface area (Å²) >= 11 is 25.5. The van der Waals surface area contributed by atoms with Crippen molar-refractivity contribution in [2.75, 3.05) is 17.7 Å². The van der Waals surface area contributed by atoms with E-state index in [1.807, 2.05) is 6.92 Å². The minimum Gasteiger partial charge on any atom is -0.495 e. The van der Waals surface area contributed by atoms with Gasteiger partial charge in [0.2, 0.25) is 5.91 Å². The predicted octanol–water partition coefficient (Wildman–Crippen LogP) is 7.77. The summed E-state index contributed by atoms with van der Waals surface area (Å²) < 4.78 is 5.29. The molecule has 0 aliphatic carbocycles. The van der Waals surface area contributed by atoms with E-state index in [-0.39, 0.29) is 21.0 Å². The molecule has 0 radical (unpaired) electrons. The molecule has 1 atom stereocenters. The molecule has 12 heteroatoms. The van der Waals surface area contributed by atoms with Crippen molar-refractivity contribution in [3.63, 3.8) is 0 Å². The Kier molecular flexibility index (Phi) is 9.98. The van der Waals surface area contributed by atoms with Gasteiger partial charge in [-0.3, -0.25) is 9.59 Å². The third-order valence-corrected chi connectivity index (χ3v) is 8.27. The molecule has 0 spiro atoms. The van der Waals surface area contributed by atoms with Gasteiger partial charge in [-0.1, -0.05) is 71.5 Å². The Bertz CT molecular complexity index is 1370. The van der Waals surface area contributed by atoms with Crippen LogP contribution >= 0.6 is 58.2 Å². The summed E-state index contributed by atoms with van der Waals surface area (Å²) in [5, 5.41) is 13.4. The van der Waals surface area contributed by atoms with E-state index >= 15 is 0 Å². The standard InChI is InChI=1S/C25H20Cl4N2O5S/c1-3-16(23(32)31-14-9-4-5-10-15(14)36-2)37-13-8-6-7-12(11-13)30-24(33)17-18(25(34)35)20(27)22(29)21(28)19(17)26/h4-11,16H,3H2,1-2H3,(H,30,33)(H,31,32)(H,34,35). The third kappa shape index (κ3) is 6.64. The van der Waals surface area contributed by atoms with Crippen molar-refractivity contribution in [1.82, 2.24) is 0 Å². The van der Waals surface area contributed by atoms with Crippen molar-refractivity contribution >= 4 is 87.3 Å². The van der Waals surface area contributed by atoms with Gasteiger partial charge in [-0.05, 0) is 36.8 Å². The SMILES string of the molecule is CCC(Sc1cccc(NC(=O)c2c(Cl)c(Cl)c(Cl)c(Cl)c2C(=O)O)c1)C(=O)Nc1ccccc1OC. The minimum atomic E-state index is -1.49. The Labute approximate surface area is 237 Å². The highest BCUT2D eigenvalue weighted by Gasteiger charge is 2.29. The highest BCUT2D eigenvalue weighted by Crippen LogP contribution is 2.42. The molecule has 0 aliphatic rings. The normalized spacial score (nSPS) is 11.5.